The third kappa shape index (κ3) is 5.20. The summed E-state index contributed by atoms with van der Waals surface area (Å²) in [5.74, 6) is 4.97. The lowest BCUT2D eigenvalue weighted by Gasteiger charge is -2.05. The molecule has 0 radical (unpaired) electrons. The Morgan fingerprint density at radius 1 is 1.42 bits per heavy atom. The van der Waals surface area contributed by atoms with Gasteiger partial charge in [-0.05, 0) is 24.3 Å². The van der Waals surface area contributed by atoms with Crippen LogP contribution in [0.3, 0.4) is 0 Å². The van der Waals surface area contributed by atoms with Gasteiger partial charge in [-0.1, -0.05) is 0 Å². The van der Waals surface area contributed by atoms with Crippen LogP contribution in [0.4, 0.5) is 0 Å². The molecule has 0 aliphatic carbocycles. The first-order valence-corrected chi connectivity index (χ1v) is 8.30. The van der Waals surface area contributed by atoms with Gasteiger partial charge in [-0.25, -0.2) is 0 Å². The second-order valence-electron chi connectivity index (χ2n) is 2.76. The van der Waals surface area contributed by atoms with Gasteiger partial charge in [-0.2, -0.15) is 24.4 Å². The quantitative estimate of drug-likeness (QED) is 0.559. The van der Waals surface area contributed by atoms with Gasteiger partial charge >= 0.3 is 0 Å². The van der Waals surface area contributed by atoms with Gasteiger partial charge in [0, 0.05) is 21.8 Å². The number of thiol groups is 1. The van der Waals surface area contributed by atoms with Crippen LogP contribution in [0.2, 0.25) is 0 Å². The Morgan fingerprint density at radius 3 is 3.00 bits per heavy atom. The highest BCUT2D eigenvalue weighted by molar-refractivity contribution is 8.19. The van der Waals surface area contributed by atoms with Crippen molar-refractivity contribution in [1.82, 2.24) is 0 Å². The van der Waals surface area contributed by atoms with Crippen LogP contribution in [0.5, 0.6) is 0 Å². The molecule has 0 aromatic rings. The van der Waals surface area contributed by atoms with Crippen LogP contribution in [0.15, 0.2) is 0 Å². The summed E-state index contributed by atoms with van der Waals surface area (Å²) in [6.45, 7) is 0. The Hall–Kier alpha value is 1.40. The van der Waals surface area contributed by atoms with Crippen LogP contribution < -0.4 is 0 Å². The first-order chi connectivity index (χ1) is 5.93. The molecular formula is C8H16S4. The summed E-state index contributed by atoms with van der Waals surface area (Å²) < 4.78 is 0. The largest absolute Gasteiger partial charge is 0.179 e. The van der Waals surface area contributed by atoms with Crippen LogP contribution in [-0.2, 0) is 0 Å². The first kappa shape index (κ1) is 11.5. The number of hydrogen-bond donors (Lipinski definition) is 1. The molecule has 1 atom stereocenters. The number of thioether (sulfide) groups is 3. The molecule has 1 aliphatic heterocycles. The molecule has 0 aromatic heterocycles. The zero-order valence-corrected chi connectivity index (χ0v) is 10.5. The Bertz CT molecular complexity index is 101. The molecule has 4 heteroatoms. The molecule has 0 amide bonds. The van der Waals surface area contributed by atoms with E-state index in [1.54, 1.807) is 0 Å². The molecule has 1 aliphatic rings. The molecule has 72 valence electrons. The van der Waals surface area contributed by atoms with Gasteiger partial charge in [0.05, 0.1) is 0 Å². The Kier molecular flexibility index (Phi) is 7.43. The van der Waals surface area contributed by atoms with Gasteiger partial charge in [0.25, 0.3) is 0 Å². The van der Waals surface area contributed by atoms with Gasteiger partial charge in [-0.15, -0.1) is 23.5 Å². The molecule has 1 unspecified atom stereocenters. The van der Waals surface area contributed by atoms with E-state index in [1.165, 1.54) is 35.2 Å². The minimum Gasteiger partial charge on any atom is -0.179 e. The average Bonchev–Trinajstić information content (AvgIpc) is 2.57. The molecule has 1 fully saturated rings. The molecule has 0 N–H and O–H groups in total. The van der Waals surface area contributed by atoms with Gasteiger partial charge in [0.15, 0.2) is 0 Å². The lowest BCUT2D eigenvalue weighted by molar-refractivity contribution is 0.806. The highest BCUT2D eigenvalue weighted by Gasteiger charge is 2.14. The smallest absolute Gasteiger partial charge is 0.0395 e. The normalized spacial score (nSPS) is 23.2. The maximum Gasteiger partial charge on any atom is 0.0395 e. The highest BCUT2D eigenvalue weighted by Crippen LogP contribution is 2.32. The standard InChI is InChI=1S/C8H16S4/c9-3-5-10-4-1-2-8-6-11-7-12-8/h8-9H,1-7H2. The Labute approximate surface area is 93.8 Å². The van der Waals surface area contributed by atoms with E-state index in [0.717, 1.165) is 11.0 Å². The summed E-state index contributed by atoms with van der Waals surface area (Å²) in [6, 6.07) is 0. The molecule has 0 bridgehead atoms. The van der Waals surface area contributed by atoms with Crippen LogP contribution in [0.25, 0.3) is 0 Å². The van der Waals surface area contributed by atoms with Crippen molar-refractivity contribution < 1.29 is 0 Å². The minimum atomic E-state index is 0.964. The van der Waals surface area contributed by atoms with Crippen molar-refractivity contribution >= 4 is 47.9 Å². The first-order valence-electron chi connectivity index (χ1n) is 4.31. The molecule has 12 heavy (non-hydrogen) atoms. The topological polar surface area (TPSA) is 0 Å². The summed E-state index contributed by atoms with van der Waals surface area (Å²) in [7, 11) is 0. The molecule has 0 nitrogen and oxygen atoms in total. The van der Waals surface area contributed by atoms with Crippen molar-refractivity contribution in [2.45, 2.75) is 18.1 Å². The van der Waals surface area contributed by atoms with E-state index < -0.39 is 0 Å². The predicted octanol–water partition coefficient (Wildman–Crippen LogP) is 3.24. The summed E-state index contributed by atoms with van der Waals surface area (Å²) in [5.41, 5.74) is 0. The van der Waals surface area contributed by atoms with E-state index in [4.69, 9.17) is 0 Å². The molecule has 1 rings (SSSR count). The van der Waals surface area contributed by atoms with E-state index in [1.807, 2.05) is 11.8 Å². The molecule has 1 saturated heterocycles. The van der Waals surface area contributed by atoms with Crippen molar-refractivity contribution in [1.29, 1.82) is 0 Å². The van der Waals surface area contributed by atoms with Gasteiger partial charge in [0.2, 0.25) is 0 Å². The van der Waals surface area contributed by atoms with Crippen LogP contribution in [-0.4, -0.2) is 33.3 Å². The van der Waals surface area contributed by atoms with E-state index >= 15 is 0 Å². The zero-order valence-electron chi connectivity index (χ0n) is 7.20. The fraction of sp³-hybridized carbons (Fsp3) is 1.00. The van der Waals surface area contributed by atoms with E-state index in [-0.39, 0.29) is 0 Å². The lowest BCUT2D eigenvalue weighted by Crippen LogP contribution is -2.01. The molecule has 0 saturated carbocycles. The summed E-state index contributed by atoms with van der Waals surface area (Å²) in [4.78, 5) is 0. The van der Waals surface area contributed by atoms with E-state index in [2.05, 4.69) is 36.2 Å². The van der Waals surface area contributed by atoms with Gasteiger partial charge in [0.1, 0.15) is 0 Å². The summed E-state index contributed by atoms with van der Waals surface area (Å²) >= 11 is 10.5. The van der Waals surface area contributed by atoms with Crippen molar-refractivity contribution in [3.63, 3.8) is 0 Å². The lowest BCUT2D eigenvalue weighted by atomic mass is 10.3. The average molecular weight is 240 g/mol. The monoisotopic (exact) mass is 240 g/mol. The van der Waals surface area contributed by atoms with E-state index in [0.29, 0.717) is 0 Å². The van der Waals surface area contributed by atoms with Crippen molar-refractivity contribution in [3.8, 4) is 0 Å². The van der Waals surface area contributed by atoms with E-state index in [9.17, 15) is 0 Å². The SMILES string of the molecule is SCCSCCCC1CSCS1. The summed E-state index contributed by atoms with van der Waals surface area (Å²) in [6.07, 6.45) is 2.83. The van der Waals surface area contributed by atoms with Crippen LogP contribution in [0, 0.1) is 0 Å². The maximum atomic E-state index is 4.18. The third-order valence-corrected chi connectivity index (χ3v) is 6.27. The van der Waals surface area contributed by atoms with Crippen LogP contribution >= 0.6 is 47.9 Å². The second kappa shape index (κ2) is 7.77. The Balaban J connectivity index is 1.81. The van der Waals surface area contributed by atoms with Gasteiger partial charge in [-0.3, -0.25) is 0 Å². The second-order valence-corrected chi connectivity index (χ2v) is 7.11. The van der Waals surface area contributed by atoms with Crippen LogP contribution in [0.1, 0.15) is 12.8 Å². The maximum absolute atomic E-state index is 4.18. The molecule has 1 heterocycles. The number of hydrogen-bond acceptors (Lipinski definition) is 4. The molecular weight excluding hydrogens is 224 g/mol. The molecule has 0 aromatic carbocycles. The molecule has 0 spiro atoms. The third-order valence-electron chi connectivity index (χ3n) is 1.74. The van der Waals surface area contributed by atoms with Crippen molar-refractivity contribution in [2.75, 3.05) is 28.1 Å². The minimum absolute atomic E-state index is 0.964. The fourth-order valence-corrected chi connectivity index (χ4v) is 5.19. The fourth-order valence-electron chi connectivity index (χ4n) is 1.12. The van der Waals surface area contributed by atoms with Gasteiger partial charge < -0.3 is 0 Å². The van der Waals surface area contributed by atoms with Crippen molar-refractivity contribution in [3.05, 3.63) is 0 Å². The van der Waals surface area contributed by atoms with Crippen molar-refractivity contribution in [2.24, 2.45) is 0 Å². The highest BCUT2D eigenvalue weighted by atomic mass is 32.2. The Morgan fingerprint density at radius 2 is 2.33 bits per heavy atom. The zero-order chi connectivity index (χ0) is 8.65. The predicted molar refractivity (Wildman–Crippen MR) is 69.1 cm³/mol. The number of rotatable bonds is 6. The summed E-state index contributed by atoms with van der Waals surface area (Å²) in [5, 5.41) is 2.29.